The van der Waals surface area contributed by atoms with Crippen molar-refractivity contribution in [3.8, 4) is 5.75 Å². The molecule has 8 heteroatoms. The minimum absolute atomic E-state index is 0.259. The van der Waals surface area contributed by atoms with Crippen molar-refractivity contribution in [3.63, 3.8) is 0 Å². The van der Waals surface area contributed by atoms with E-state index in [9.17, 15) is 22.8 Å². The average molecular weight is 305 g/mol. The van der Waals surface area contributed by atoms with E-state index in [0.29, 0.717) is 6.42 Å². The van der Waals surface area contributed by atoms with Crippen LogP contribution in [-0.2, 0) is 4.79 Å². The molecule has 1 aromatic carbocycles. The normalized spacial score (nSPS) is 13.6. The SMILES string of the molecule is CCC(C)C(NC(=O)c1cc(F)c(F)c(O)c1F)C(=O)O. The number of phenolic OH excluding ortho intramolecular Hbond substituents is 1. The molecule has 0 bridgehead atoms. The monoisotopic (exact) mass is 305 g/mol. The smallest absolute Gasteiger partial charge is 0.326 e. The van der Waals surface area contributed by atoms with E-state index in [2.05, 4.69) is 0 Å². The number of aromatic hydroxyl groups is 1. The number of aliphatic carboxylic acids is 1. The van der Waals surface area contributed by atoms with Crippen LogP contribution < -0.4 is 5.32 Å². The van der Waals surface area contributed by atoms with E-state index in [-0.39, 0.29) is 6.07 Å². The lowest BCUT2D eigenvalue weighted by Gasteiger charge is -2.20. The first kappa shape index (κ1) is 16.8. The zero-order valence-electron chi connectivity index (χ0n) is 11.3. The number of benzene rings is 1. The van der Waals surface area contributed by atoms with Gasteiger partial charge in [-0.1, -0.05) is 20.3 Å². The molecule has 0 saturated carbocycles. The summed E-state index contributed by atoms with van der Waals surface area (Å²) in [5.74, 6) is -9.78. The summed E-state index contributed by atoms with van der Waals surface area (Å²) in [6.45, 7) is 3.24. The number of amides is 1. The number of carbonyl (C=O) groups excluding carboxylic acids is 1. The number of nitrogens with one attached hydrogen (secondary N) is 1. The summed E-state index contributed by atoms with van der Waals surface area (Å²) < 4.78 is 39.6. The summed E-state index contributed by atoms with van der Waals surface area (Å²) in [5.41, 5.74) is -0.971. The molecule has 116 valence electrons. The molecule has 0 aromatic heterocycles. The van der Waals surface area contributed by atoms with Gasteiger partial charge in [0.15, 0.2) is 17.4 Å². The number of phenols is 1. The Kier molecular flexibility index (Phi) is 5.17. The van der Waals surface area contributed by atoms with E-state index >= 15 is 0 Å². The first-order valence-corrected chi connectivity index (χ1v) is 6.10. The Morgan fingerprint density at radius 1 is 1.29 bits per heavy atom. The van der Waals surface area contributed by atoms with Crippen molar-refractivity contribution in [1.82, 2.24) is 5.32 Å². The van der Waals surface area contributed by atoms with Gasteiger partial charge in [0.2, 0.25) is 5.82 Å². The minimum Gasteiger partial charge on any atom is -0.503 e. The molecule has 0 radical (unpaired) electrons. The van der Waals surface area contributed by atoms with Crippen molar-refractivity contribution < 1.29 is 33.0 Å². The molecule has 0 fully saturated rings. The molecule has 0 aliphatic rings. The van der Waals surface area contributed by atoms with Crippen LogP contribution in [0.2, 0.25) is 0 Å². The summed E-state index contributed by atoms with van der Waals surface area (Å²) >= 11 is 0. The van der Waals surface area contributed by atoms with Gasteiger partial charge >= 0.3 is 5.97 Å². The highest BCUT2D eigenvalue weighted by atomic mass is 19.2. The molecular formula is C13H14F3NO4. The predicted octanol–water partition coefficient (Wildman–Crippen LogP) is 2.04. The van der Waals surface area contributed by atoms with Gasteiger partial charge in [0, 0.05) is 0 Å². The van der Waals surface area contributed by atoms with Gasteiger partial charge < -0.3 is 15.5 Å². The highest BCUT2D eigenvalue weighted by molar-refractivity contribution is 5.97. The van der Waals surface area contributed by atoms with E-state index in [1.54, 1.807) is 13.8 Å². The number of hydrogen-bond donors (Lipinski definition) is 3. The van der Waals surface area contributed by atoms with Crippen LogP contribution in [0.3, 0.4) is 0 Å². The van der Waals surface area contributed by atoms with Gasteiger partial charge in [0.25, 0.3) is 5.91 Å². The quantitative estimate of drug-likeness (QED) is 0.727. The molecule has 2 unspecified atom stereocenters. The third-order valence-electron chi connectivity index (χ3n) is 3.14. The highest BCUT2D eigenvalue weighted by Crippen LogP contribution is 2.26. The molecule has 5 nitrogen and oxygen atoms in total. The average Bonchev–Trinajstić information content (AvgIpc) is 2.44. The standard InChI is InChI=1S/C13H14F3NO4/c1-3-5(2)10(13(20)21)17-12(19)6-4-7(14)9(16)11(18)8(6)15/h4-5,10,18H,3H2,1-2H3,(H,17,19)(H,20,21). The fraction of sp³-hybridized carbons (Fsp3) is 0.385. The Labute approximate surface area is 118 Å². The van der Waals surface area contributed by atoms with E-state index in [1.165, 1.54) is 0 Å². The van der Waals surface area contributed by atoms with Crippen LogP contribution in [-0.4, -0.2) is 28.1 Å². The molecule has 0 saturated heterocycles. The third-order valence-corrected chi connectivity index (χ3v) is 3.14. The van der Waals surface area contributed by atoms with Gasteiger partial charge in [0.1, 0.15) is 6.04 Å². The zero-order valence-corrected chi connectivity index (χ0v) is 11.3. The van der Waals surface area contributed by atoms with Crippen molar-refractivity contribution in [1.29, 1.82) is 0 Å². The van der Waals surface area contributed by atoms with Crippen LogP contribution in [0, 0.1) is 23.4 Å². The number of rotatable bonds is 5. The number of hydrogen-bond acceptors (Lipinski definition) is 3. The van der Waals surface area contributed by atoms with Crippen LogP contribution >= 0.6 is 0 Å². The van der Waals surface area contributed by atoms with E-state index < -0.39 is 52.6 Å². The summed E-state index contributed by atoms with van der Waals surface area (Å²) in [7, 11) is 0. The van der Waals surface area contributed by atoms with Gasteiger partial charge in [-0.05, 0) is 12.0 Å². The molecule has 0 spiro atoms. The van der Waals surface area contributed by atoms with Gasteiger partial charge in [-0.15, -0.1) is 0 Å². The second kappa shape index (κ2) is 6.47. The Hall–Kier alpha value is -2.25. The number of halogens is 3. The second-order valence-electron chi connectivity index (χ2n) is 4.56. The van der Waals surface area contributed by atoms with Crippen molar-refractivity contribution >= 4 is 11.9 Å². The van der Waals surface area contributed by atoms with Crippen molar-refractivity contribution in [2.45, 2.75) is 26.3 Å². The first-order chi connectivity index (χ1) is 9.70. The molecule has 1 aromatic rings. The second-order valence-corrected chi connectivity index (χ2v) is 4.56. The van der Waals surface area contributed by atoms with Gasteiger partial charge in [-0.3, -0.25) is 4.79 Å². The van der Waals surface area contributed by atoms with Crippen LogP contribution in [0.25, 0.3) is 0 Å². The molecule has 0 aliphatic heterocycles. The summed E-state index contributed by atoms with van der Waals surface area (Å²) in [4.78, 5) is 22.8. The summed E-state index contributed by atoms with van der Waals surface area (Å²) in [5, 5.41) is 20.0. The molecule has 1 rings (SSSR count). The number of carboxylic acid groups (broad SMARTS) is 1. The Bertz CT molecular complexity index is 577. The Balaban J connectivity index is 3.12. The van der Waals surface area contributed by atoms with Crippen LogP contribution in [0.4, 0.5) is 13.2 Å². The fourth-order valence-corrected chi connectivity index (χ4v) is 1.66. The van der Waals surface area contributed by atoms with Crippen LogP contribution in [0.5, 0.6) is 5.75 Å². The minimum atomic E-state index is -1.82. The van der Waals surface area contributed by atoms with Gasteiger partial charge in [-0.25, -0.2) is 13.6 Å². The Morgan fingerprint density at radius 2 is 1.86 bits per heavy atom. The lowest BCUT2D eigenvalue weighted by atomic mass is 9.99. The summed E-state index contributed by atoms with van der Waals surface area (Å²) in [6, 6.07) is -1.06. The molecular weight excluding hydrogens is 291 g/mol. The molecule has 21 heavy (non-hydrogen) atoms. The highest BCUT2D eigenvalue weighted by Gasteiger charge is 2.29. The Morgan fingerprint density at radius 3 is 2.33 bits per heavy atom. The van der Waals surface area contributed by atoms with Crippen molar-refractivity contribution in [2.75, 3.05) is 0 Å². The summed E-state index contributed by atoms with van der Waals surface area (Å²) in [6.07, 6.45) is 0.419. The maximum Gasteiger partial charge on any atom is 0.326 e. The lowest BCUT2D eigenvalue weighted by molar-refractivity contribution is -0.140. The molecule has 1 amide bonds. The number of carbonyl (C=O) groups is 2. The van der Waals surface area contributed by atoms with E-state index in [0.717, 1.165) is 0 Å². The zero-order chi connectivity index (χ0) is 16.3. The maximum atomic E-state index is 13.6. The molecule has 0 aliphatic carbocycles. The van der Waals surface area contributed by atoms with Crippen molar-refractivity contribution in [2.24, 2.45) is 5.92 Å². The van der Waals surface area contributed by atoms with Gasteiger partial charge in [0.05, 0.1) is 5.56 Å². The fourth-order valence-electron chi connectivity index (χ4n) is 1.66. The molecule has 3 N–H and O–H groups in total. The topological polar surface area (TPSA) is 86.6 Å². The van der Waals surface area contributed by atoms with Gasteiger partial charge in [-0.2, -0.15) is 4.39 Å². The molecule has 0 heterocycles. The van der Waals surface area contributed by atoms with E-state index in [1.807, 2.05) is 5.32 Å². The first-order valence-electron chi connectivity index (χ1n) is 6.10. The molecule has 2 atom stereocenters. The van der Waals surface area contributed by atoms with E-state index in [4.69, 9.17) is 10.2 Å². The predicted molar refractivity (Wildman–Crippen MR) is 66.3 cm³/mol. The maximum absolute atomic E-state index is 13.6. The number of carboxylic acids is 1. The third kappa shape index (κ3) is 3.45. The van der Waals surface area contributed by atoms with Crippen LogP contribution in [0.1, 0.15) is 30.6 Å². The van der Waals surface area contributed by atoms with Crippen LogP contribution in [0.15, 0.2) is 6.07 Å². The lowest BCUT2D eigenvalue weighted by Crippen LogP contribution is -2.45. The van der Waals surface area contributed by atoms with Crippen molar-refractivity contribution in [3.05, 3.63) is 29.1 Å². The largest absolute Gasteiger partial charge is 0.503 e.